The number of ketones is 1. The second kappa shape index (κ2) is 4.70. The van der Waals surface area contributed by atoms with Crippen LogP contribution in [0.25, 0.3) is 0 Å². The van der Waals surface area contributed by atoms with Gasteiger partial charge in [-0.1, -0.05) is 30.3 Å². The molecule has 0 unspecified atom stereocenters. The van der Waals surface area contributed by atoms with E-state index in [1.165, 1.54) is 0 Å². The van der Waals surface area contributed by atoms with Crippen molar-refractivity contribution in [3.05, 3.63) is 52.0 Å². The van der Waals surface area contributed by atoms with Crippen LogP contribution in [-0.2, 0) is 0 Å². The molecule has 2 aromatic carbocycles. The van der Waals surface area contributed by atoms with Crippen LogP contribution in [0.5, 0.6) is 17.2 Å². The first-order valence-corrected chi connectivity index (χ1v) is 5.84. The molecule has 92 valence electrons. The highest BCUT2D eigenvalue weighted by molar-refractivity contribution is 9.10. The van der Waals surface area contributed by atoms with Gasteiger partial charge in [0.05, 0.1) is 5.56 Å². The summed E-state index contributed by atoms with van der Waals surface area (Å²) in [7, 11) is 0. The Kier molecular flexibility index (Phi) is 3.25. The average molecular weight is 309 g/mol. The molecule has 0 spiro atoms. The molecule has 0 heterocycles. The van der Waals surface area contributed by atoms with E-state index in [1.54, 1.807) is 30.3 Å². The quantitative estimate of drug-likeness (QED) is 0.589. The highest BCUT2D eigenvalue weighted by Gasteiger charge is 2.22. The molecule has 0 aromatic heterocycles. The first-order valence-electron chi connectivity index (χ1n) is 5.05. The maximum atomic E-state index is 12.2. The molecule has 0 aliphatic rings. The highest BCUT2D eigenvalue weighted by atomic mass is 79.9. The number of carbonyl (C=O) groups is 1. The van der Waals surface area contributed by atoms with Crippen LogP contribution in [0.1, 0.15) is 15.9 Å². The van der Waals surface area contributed by atoms with E-state index in [4.69, 9.17) is 0 Å². The van der Waals surface area contributed by atoms with E-state index >= 15 is 0 Å². The zero-order valence-corrected chi connectivity index (χ0v) is 10.7. The van der Waals surface area contributed by atoms with Gasteiger partial charge in [0.2, 0.25) is 5.75 Å². The van der Waals surface area contributed by atoms with Crippen LogP contribution in [0.2, 0.25) is 0 Å². The SMILES string of the molecule is O=C(c1ccccc1)c1c(Br)cc(O)c(O)c1O. The van der Waals surface area contributed by atoms with Gasteiger partial charge in [0.25, 0.3) is 0 Å². The van der Waals surface area contributed by atoms with E-state index in [9.17, 15) is 20.1 Å². The van der Waals surface area contributed by atoms with Gasteiger partial charge in [-0.05, 0) is 22.0 Å². The molecule has 18 heavy (non-hydrogen) atoms. The van der Waals surface area contributed by atoms with Crippen LogP contribution >= 0.6 is 15.9 Å². The maximum absolute atomic E-state index is 12.2. The molecule has 0 saturated heterocycles. The normalized spacial score (nSPS) is 10.3. The van der Waals surface area contributed by atoms with Crippen molar-refractivity contribution in [1.82, 2.24) is 0 Å². The van der Waals surface area contributed by atoms with Crippen LogP contribution in [0.4, 0.5) is 0 Å². The lowest BCUT2D eigenvalue weighted by Gasteiger charge is -2.09. The van der Waals surface area contributed by atoms with Gasteiger partial charge in [-0.2, -0.15) is 0 Å². The molecule has 2 rings (SSSR count). The minimum Gasteiger partial charge on any atom is -0.504 e. The van der Waals surface area contributed by atoms with Gasteiger partial charge in [-0.25, -0.2) is 0 Å². The van der Waals surface area contributed by atoms with E-state index < -0.39 is 23.0 Å². The number of phenolic OH excluding ortho intramolecular Hbond substituents is 3. The fourth-order valence-corrected chi connectivity index (χ4v) is 2.15. The van der Waals surface area contributed by atoms with Crippen molar-refractivity contribution in [2.75, 3.05) is 0 Å². The Morgan fingerprint density at radius 2 is 1.61 bits per heavy atom. The van der Waals surface area contributed by atoms with Gasteiger partial charge < -0.3 is 15.3 Å². The lowest BCUT2D eigenvalue weighted by Crippen LogP contribution is -2.02. The fourth-order valence-electron chi connectivity index (χ4n) is 1.56. The van der Waals surface area contributed by atoms with Crippen LogP contribution in [0.15, 0.2) is 40.9 Å². The maximum Gasteiger partial charge on any atom is 0.201 e. The Bertz CT molecular complexity index is 608. The molecule has 5 heteroatoms. The average Bonchev–Trinajstić information content (AvgIpc) is 2.37. The lowest BCUT2D eigenvalue weighted by molar-refractivity contribution is 0.103. The zero-order valence-electron chi connectivity index (χ0n) is 9.09. The van der Waals surface area contributed by atoms with Crippen LogP contribution < -0.4 is 0 Å². The summed E-state index contributed by atoms with van der Waals surface area (Å²) in [4.78, 5) is 12.2. The Balaban J connectivity index is 2.59. The molecule has 0 radical (unpaired) electrons. The number of aromatic hydroxyl groups is 3. The van der Waals surface area contributed by atoms with Gasteiger partial charge in [0, 0.05) is 10.0 Å². The Hall–Kier alpha value is -2.01. The molecule has 3 N–H and O–H groups in total. The first kappa shape index (κ1) is 12.4. The number of benzene rings is 2. The van der Waals surface area contributed by atoms with Crippen molar-refractivity contribution in [3.63, 3.8) is 0 Å². The molecule has 0 amide bonds. The summed E-state index contributed by atoms with van der Waals surface area (Å²) in [5.74, 6) is -2.30. The van der Waals surface area contributed by atoms with Crippen LogP contribution in [0.3, 0.4) is 0 Å². The summed E-state index contributed by atoms with van der Waals surface area (Å²) in [5.41, 5.74) is 0.287. The van der Waals surface area contributed by atoms with Crippen molar-refractivity contribution in [2.24, 2.45) is 0 Å². The van der Waals surface area contributed by atoms with E-state index in [-0.39, 0.29) is 10.0 Å². The zero-order chi connectivity index (χ0) is 13.3. The molecular weight excluding hydrogens is 300 g/mol. The van der Waals surface area contributed by atoms with Crippen molar-refractivity contribution < 1.29 is 20.1 Å². The van der Waals surface area contributed by atoms with Gasteiger partial charge in [-0.15, -0.1) is 0 Å². The highest BCUT2D eigenvalue weighted by Crippen LogP contribution is 2.42. The fraction of sp³-hybridized carbons (Fsp3) is 0. The third-order valence-electron chi connectivity index (χ3n) is 2.47. The summed E-state index contributed by atoms with van der Waals surface area (Å²) < 4.78 is 0.212. The Labute approximate surface area is 111 Å². The van der Waals surface area contributed by atoms with Crippen molar-refractivity contribution >= 4 is 21.7 Å². The molecular formula is C13H9BrO4. The molecule has 0 fully saturated rings. The second-order valence-electron chi connectivity index (χ2n) is 3.64. The first-order chi connectivity index (χ1) is 8.52. The topological polar surface area (TPSA) is 77.8 Å². The molecule has 0 aliphatic heterocycles. The molecule has 2 aromatic rings. The molecule has 0 aliphatic carbocycles. The monoisotopic (exact) mass is 308 g/mol. The predicted octanol–water partition coefficient (Wildman–Crippen LogP) is 2.80. The molecule has 0 saturated carbocycles. The smallest absolute Gasteiger partial charge is 0.201 e. The Morgan fingerprint density at radius 1 is 1.00 bits per heavy atom. The largest absolute Gasteiger partial charge is 0.504 e. The number of halogens is 1. The number of phenols is 3. The van der Waals surface area contributed by atoms with Crippen LogP contribution in [-0.4, -0.2) is 21.1 Å². The summed E-state index contributed by atoms with van der Waals surface area (Å²) in [6.07, 6.45) is 0. The molecule has 0 atom stereocenters. The molecule has 4 nitrogen and oxygen atoms in total. The van der Waals surface area contributed by atoms with Gasteiger partial charge in [0.15, 0.2) is 17.3 Å². The number of hydrogen-bond acceptors (Lipinski definition) is 4. The minimum absolute atomic E-state index is 0.0866. The third-order valence-corrected chi connectivity index (χ3v) is 3.09. The minimum atomic E-state index is -0.711. The van der Waals surface area contributed by atoms with Gasteiger partial charge in [-0.3, -0.25) is 4.79 Å². The van der Waals surface area contributed by atoms with Crippen LogP contribution in [0, 0.1) is 0 Å². The summed E-state index contributed by atoms with van der Waals surface area (Å²) in [6, 6.07) is 9.50. The summed E-state index contributed by atoms with van der Waals surface area (Å²) in [6.45, 7) is 0. The number of hydrogen-bond donors (Lipinski definition) is 3. The lowest BCUT2D eigenvalue weighted by atomic mass is 10.0. The van der Waals surface area contributed by atoms with Crippen molar-refractivity contribution in [1.29, 1.82) is 0 Å². The summed E-state index contributed by atoms with van der Waals surface area (Å²) in [5, 5.41) is 28.5. The van der Waals surface area contributed by atoms with E-state index in [0.29, 0.717) is 5.56 Å². The number of carbonyl (C=O) groups excluding carboxylic acids is 1. The second-order valence-corrected chi connectivity index (χ2v) is 4.50. The Morgan fingerprint density at radius 3 is 2.22 bits per heavy atom. The molecule has 0 bridgehead atoms. The van der Waals surface area contributed by atoms with Gasteiger partial charge in [0.1, 0.15) is 0 Å². The van der Waals surface area contributed by atoms with Crippen molar-refractivity contribution in [2.45, 2.75) is 0 Å². The van der Waals surface area contributed by atoms with Gasteiger partial charge >= 0.3 is 0 Å². The summed E-state index contributed by atoms with van der Waals surface area (Å²) >= 11 is 3.08. The van der Waals surface area contributed by atoms with E-state index in [1.807, 2.05) is 0 Å². The van der Waals surface area contributed by atoms with Crippen molar-refractivity contribution in [3.8, 4) is 17.2 Å². The predicted molar refractivity (Wildman–Crippen MR) is 69.0 cm³/mol. The third kappa shape index (κ3) is 2.04. The standard InChI is InChI=1S/C13H9BrO4/c14-8-6-9(15)12(17)13(18)10(8)11(16)7-4-2-1-3-5-7/h1-6,15,17-18H. The van der Waals surface area contributed by atoms with E-state index in [0.717, 1.165) is 6.07 Å². The number of rotatable bonds is 2. The van der Waals surface area contributed by atoms with E-state index in [2.05, 4.69) is 15.9 Å².